The molecule has 4 N–H and O–H groups in total. The minimum absolute atomic E-state index is 0.0193. The molecule has 0 unspecified atom stereocenters. The van der Waals surface area contributed by atoms with Gasteiger partial charge in [0.15, 0.2) is 0 Å². The number of nitrogens with zero attached hydrogens (tertiary/aromatic N) is 7. The maximum Gasteiger partial charge on any atom is 0.416 e. The second-order valence-corrected chi connectivity index (χ2v) is 11.4. The van der Waals surface area contributed by atoms with Crippen LogP contribution in [0.3, 0.4) is 0 Å². The molecule has 3 aliphatic heterocycles. The molecular weight excluding hydrogens is 587 g/mol. The molecule has 6 rings (SSSR count). The van der Waals surface area contributed by atoms with Crippen LogP contribution < -0.4 is 16.0 Å². The molecule has 45 heavy (non-hydrogen) atoms. The van der Waals surface area contributed by atoms with E-state index in [1.54, 1.807) is 0 Å². The van der Waals surface area contributed by atoms with E-state index in [4.69, 9.17) is 20.8 Å². The number of aromatic carboxylic acids is 1. The van der Waals surface area contributed by atoms with Crippen LogP contribution in [-0.2, 0) is 12.7 Å². The Morgan fingerprint density at radius 1 is 1.07 bits per heavy atom. The molecular formula is C31H34F3N9O2. The number of aliphatic imine (C=N–C) groups is 1. The Labute approximate surface area is 258 Å². The lowest BCUT2D eigenvalue weighted by molar-refractivity contribution is -0.138. The van der Waals surface area contributed by atoms with Gasteiger partial charge in [0.1, 0.15) is 17.3 Å². The Kier molecular flexibility index (Phi) is 8.42. The largest absolute Gasteiger partial charge is 0.477 e. The molecule has 3 aliphatic rings. The lowest BCUT2D eigenvalue weighted by Crippen LogP contribution is -2.46. The van der Waals surface area contributed by atoms with E-state index in [2.05, 4.69) is 38.1 Å². The van der Waals surface area contributed by atoms with E-state index in [0.29, 0.717) is 43.9 Å². The number of aromatic nitrogens is 3. The van der Waals surface area contributed by atoms with Crippen LogP contribution in [0, 0.1) is 6.92 Å². The number of hydrogen-bond donors (Lipinski definition) is 3. The highest BCUT2D eigenvalue weighted by molar-refractivity contribution is 6.36. The predicted molar refractivity (Wildman–Crippen MR) is 166 cm³/mol. The number of nitrogens with two attached hydrogens (primary N) is 1. The van der Waals surface area contributed by atoms with E-state index in [9.17, 15) is 18.0 Å². The molecule has 0 spiro atoms. The SMILES string of the molecule is Cc1ccc(N)cc1C1=Cc2cnc(NCCCN3CCN(Cc4cnc(C(=O)O)cc4C(F)(F)F)CC3)nc2N2CCN=C12. The molecule has 0 amide bonds. The van der Waals surface area contributed by atoms with Crippen molar-refractivity contribution in [3.63, 3.8) is 0 Å². The van der Waals surface area contributed by atoms with E-state index >= 15 is 0 Å². The molecule has 3 aromatic rings. The van der Waals surface area contributed by atoms with Crippen molar-refractivity contribution in [3.8, 4) is 0 Å². The Balaban J connectivity index is 1.01. The van der Waals surface area contributed by atoms with Gasteiger partial charge in [-0.3, -0.25) is 9.89 Å². The topological polar surface area (TPSA) is 136 Å². The number of amidine groups is 1. The number of benzene rings is 1. The Hall–Kier alpha value is -4.56. The molecule has 0 atom stereocenters. The van der Waals surface area contributed by atoms with Crippen molar-refractivity contribution >= 4 is 40.9 Å². The van der Waals surface area contributed by atoms with Gasteiger partial charge in [-0.25, -0.2) is 14.8 Å². The van der Waals surface area contributed by atoms with Crippen molar-refractivity contribution in [2.75, 3.05) is 68.3 Å². The van der Waals surface area contributed by atoms with Gasteiger partial charge in [-0.1, -0.05) is 6.07 Å². The molecule has 0 saturated carbocycles. The summed E-state index contributed by atoms with van der Waals surface area (Å²) < 4.78 is 40.7. The lowest BCUT2D eigenvalue weighted by Gasteiger charge is -2.35. The molecule has 11 nitrogen and oxygen atoms in total. The summed E-state index contributed by atoms with van der Waals surface area (Å²) in [6.07, 6.45) is 1.12. The molecule has 5 heterocycles. The second kappa shape index (κ2) is 12.4. The number of fused-ring (bicyclic) bond motifs is 3. The minimum Gasteiger partial charge on any atom is -0.477 e. The first-order valence-electron chi connectivity index (χ1n) is 14.8. The monoisotopic (exact) mass is 621 g/mol. The zero-order chi connectivity index (χ0) is 31.7. The van der Waals surface area contributed by atoms with Gasteiger partial charge in [0.25, 0.3) is 0 Å². The smallest absolute Gasteiger partial charge is 0.416 e. The number of carboxylic acid groups (broad SMARTS) is 1. The van der Waals surface area contributed by atoms with Crippen LogP contribution in [0.2, 0.25) is 0 Å². The quantitative estimate of drug-likeness (QED) is 0.239. The highest BCUT2D eigenvalue weighted by Crippen LogP contribution is 2.37. The first-order chi connectivity index (χ1) is 21.6. The Bertz CT molecular complexity index is 1670. The van der Waals surface area contributed by atoms with Crippen LogP contribution in [0.1, 0.15) is 44.7 Å². The van der Waals surface area contributed by atoms with Crippen LogP contribution in [-0.4, -0.2) is 94.0 Å². The predicted octanol–water partition coefficient (Wildman–Crippen LogP) is 3.87. The second-order valence-electron chi connectivity index (χ2n) is 11.4. The summed E-state index contributed by atoms with van der Waals surface area (Å²) in [4.78, 5) is 35.3. The van der Waals surface area contributed by atoms with Crippen molar-refractivity contribution in [2.24, 2.45) is 4.99 Å². The molecule has 0 radical (unpaired) electrons. The highest BCUT2D eigenvalue weighted by Gasteiger charge is 2.35. The molecule has 236 valence electrons. The molecule has 1 fully saturated rings. The average Bonchev–Trinajstić information content (AvgIpc) is 3.51. The molecule has 0 aliphatic carbocycles. The number of nitrogens with one attached hydrogen (secondary N) is 1. The van der Waals surface area contributed by atoms with E-state index in [1.165, 1.54) is 0 Å². The minimum atomic E-state index is -4.65. The third-order valence-corrected chi connectivity index (χ3v) is 8.29. The van der Waals surface area contributed by atoms with Crippen LogP contribution in [0.15, 0.2) is 41.7 Å². The maximum absolute atomic E-state index is 13.6. The fourth-order valence-corrected chi connectivity index (χ4v) is 5.92. The molecule has 1 aromatic carbocycles. The summed E-state index contributed by atoms with van der Waals surface area (Å²) in [5.74, 6) is 0.777. The first kappa shape index (κ1) is 30.5. The third-order valence-electron chi connectivity index (χ3n) is 8.29. The van der Waals surface area contributed by atoms with Gasteiger partial charge in [-0.15, -0.1) is 0 Å². The van der Waals surface area contributed by atoms with E-state index in [-0.39, 0.29) is 12.1 Å². The number of halogens is 3. The molecule has 0 bridgehead atoms. The summed E-state index contributed by atoms with van der Waals surface area (Å²) >= 11 is 0. The normalized spacial score (nSPS) is 17.0. The van der Waals surface area contributed by atoms with Crippen LogP contribution >= 0.6 is 0 Å². The van der Waals surface area contributed by atoms with Gasteiger partial charge in [-0.2, -0.15) is 18.2 Å². The average molecular weight is 622 g/mol. The van der Waals surface area contributed by atoms with Gasteiger partial charge in [-0.05, 0) is 60.9 Å². The van der Waals surface area contributed by atoms with Crippen LogP contribution in [0.4, 0.5) is 30.6 Å². The summed E-state index contributed by atoms with van der Waals surface area (Å²) in [7, 11) is 0. The van der Waals surface area contributed by atoms with Crippen LogP contribution in [0.5, 0.6) is 0 Å². The summed E-state index contributed by atoms with van der Waals surface area (Å²) in [5, 5.41) is 12.4. The zero-order valence-corrected chi connectivity index (χ0v) is 24.8. The number of carbonyl (C=O) groups is 1. The van der Waals surface area contributed by atoms with Gasteiger partial charge >= 0.3 is 12.1 Å². The fraction of sp³-hybridized carbons (Fsp3) is 0.387. The summed E-state index contributed by atoms with van der Waals surface area (Å²) in [5.41, 5.74) is 9.31. The number of pyridine rings is 1. The number of carboxylic acids is 1. The third kappa shape index (κ3) is 6.61. The summed E-state index contributed by atoms with van der Waals surface area (Å²) in [6, 6.07) is 6.50. The van der Waals surface area contributed by atoms with Gasteiger partial charge in [0.2, 0.25) is 5.95 Å². The standard InChI is InChI=1S/C31H34F3N9O2/c1-19-3-4-22(35)14-23(19)24-13-20-16-39-30(40-27(20)43-8-6-36-28(24)43)37-5-2-7-41-9-11-42(12-10-41)18-21-17-38-26(29(44)45)15-25(21)31(32,33)34/h3-4,13-17H,2,5-12,18,35H2,1H3,(H,44,45)(H,37,39,40). The first-order valence-corrected chi connectivity index (χ1v) is 14.8. The molecule has 1 saturated heterocycles. The van der Waals surface area contributed by atoms with E-state index < -0.39 is 23.4 Å². The number of piperazine rings is 1. The van der Waals surface area contributed by atoms with Crippen molar-refractivity contribution in [1.29, 1.82) is 0 Å². The number of alkyl halides is 3. The van der Waals surface area contributed by atoms with Gasteiger partial charge in [0, 0.05) is 75.0 Å². The van der Waals surface area contributed by atoms with Crippen molar-refractivity contribution in [3.05, 3.63) is 70.2 Å². The fourth-order valence-electron chi connectivity index (χ4n) is 5.92. The van der Waals surface area contributed by atoms with E-state index in [0.717, 1.165) is 72.7 Å². The van der Waals surface area contributed by atoms with E-state index in [1.807, 2.05) is 29.3 Å². The van der Waals surface area contributed by atoms with Gasteiger partial charge in [0.05, 0.1) is 12.1 Å². The van der Waals surface area contributed by atoms with Crippen molar-refractivity contribution < 1.29 is 23.1 Å². The maximum atomic E-state index is 13.6. The Morgan fingerprint density at radius 2 is 1.84 bits per heavy atom. The number of hydrogen-bond acceptors (Lipinski definition) is 10. The summed E-state index contributed by atoms with van der Waals surface area (Å²) in [6.45, 7) is 7.67. The number of rotatable bonds is 9. The number of anilines is 3. The van der Waals surface area contributed by atoms with Gasteiger partial charge < -0.3 is 26.0 Å². The molecule has 2 aromatic heterocycles. The van der Waals surface area contributed by atoms with Crippen molar-refractivity contribution in [1.82, 2.24) is 24.8 Å². The number of nitrogen functional groups attached to an aromatic ring is 1. The van der Waals surface area contributed by atoms with Crippen molar-refractivity contribution in [2.45, 2.75) is 26.1 Å². The highest BCUT2D eigenvalue weighted by atomic mass is 19.4. The zero-order valence-electron chi connectivity index (χ0n) is 24.8. The molecule has 14 heteroatoms. The Morgan fingerprint density at radius 3 is 2.60 bits per heavy atom. The number of aryl methyl sites for hydroxylation is 1. The van der Waals surface area contributed by atoms with Crippen LogP contribution in [0.25, 0.3) is 11.6 Å². The lowest BCUT2D eigenvalue weighted by atomic mass is 9.94.